The van der Waals surface area contributed by atoms with Gasteiger partial charge in [0.1, 0.15) is 23.6 Å². The Kier molecular flexibility index (Phi) is 6.45. The number of urea groups is 1. The number of carbonyl (C=O) groups excluding carboxylic acids is 2. The SMILES string of the molecule is Cc1cc(Oc2cc(NC(=O)C3CC3)ncn2)ccc1NC(=O)Nc1ccc(O)c(C(F)(F)F)c1. The van der Waals surface area contributed by atoms with Gasteiger partial charge in [-0.3, -0.25) is 4.79 Å². The first-order valence-corrected chi connectivity index (χ1v) is 10.5. The fourth-order valence-corrected chi connectivity index (χ4v) is 3.12. The Labute approximate surface area is 197 Å². The third kappa shape index (κ3) is 6.16. The number of ether oxygens (including phenoxy) is 1. The highest BCUT2D eigenvalue weighted by atomic mass is 19.4. The number of nitrogens with one attached hydrogen (secondary N) is 3. The van der Waals surface area contributed by atoms with Gasteiger partial charge in [-0.25, -0.2) is 14.8 Å². The van der Waals surface area contributed by atoms with Gasteiger partial charge in [-0.15, -0.1) is 0 Å². The molecule has 1 saturated carbocycles. The molecule has 35 heavy (non-hydrogen) atoms. The van der Waals surface area contributed by atoms with E-state index >= 15 is 0 Å². The summed E-state index contributed by atoms with van der Waals surface area (Å²) in [4.78, 5) is 32.2. The highest BCUT2D eigenvalue weighted by Gasteiger charge is 2.34. The molecule has 1 aliphatic rings. The number of aromatic nitrogens is 2. The van der Waals surface area contributed by atoms with Gasteiger partial charge in [0.2, 0.25) is 11.8 Å². The second-order valence-electron chi connectivity index (χ2n) is 7.89. The molecular formula is C23H20F3N5O4. The smallest absolute Gasteiger partial charge is 0.420 e. The standard InChI is InChI=1S/C23H20F3N5O4/c1-12-8-15(35-20-10-19(27-11-28-20)31-21(33)13-2-3-13)5-6-17(12)30-22(34)29-14-4-7-18(32)16(9-14)23(24,25)26/h4-11,13,32H,2-3H2,1H3,(H2,29,30,34)(H,27,28,31,33). The second-order valence-corrected chi connectivity index (χ2v) is 7.89. The summed E-state index contributed by atoms with van der Waals surface area (Å²) >= 11 is 0. The lowest BCUT2D eigenvalue weighted by molar-refractivity contribution is -0.138. The Balaban J connectivity index is 1.39. The van der Waals surface area contributed by atoms with Gasteiger partial charge >= 0.3 is 12.2 Å². The molecule has 12 heteroatoms. The summed E-state index contributed by atoms with van der Waals surface area (Å²) in [6.07, 6.45) is -1.78. The van der Waals surface area contributed by atoms with Crippen LogP contribution in [0.5, 0.6) is 17.4 Å². The van der Waals surface area contributed by atoms with E-state index in [9.17, 15) is 27.9 Å². The van der Waals surface area contributed by atoms with E-state index in [1.165, 1.54) is 12.4 Å². The number of phenols is 1. The maximum atomic E-state index is 12.9. The first kappa shape index (κ1) is 23.8. The van der Waals surface area contributed by atoms with E-state index in [1.54, 1.807) is 25.1 Å². The Hall–Kier alpha value is -4.35. The molecule has 1 aliphatic carbocycles. The van der Waals surface area contributed by atoms with Gasteiger partial charge in [-0.1, -0.05) is 0 Å². The summed E-state index contributed by atoms with van der Waals surface area (Å²) in [6.45, 7) is 1.70. The molecule has 0 aliphatic heterocycles. The average Bonchev–Trinajstić information content (AvgIpc) is 3.62. The quantitative estimate of drug-likeness (QED) is 0.350. The molecule has 182 valence electrons. The largest absolute Gasteiger partial charge is 0.507 e. The highest BCUT2D eigenvalue weighted by Crippen LogP contribution is 2.37. The molecule has 0 atom stereocenters. The van der Waals surface area contributed by atoms with Crippen molar-refractivity contribution >= 4 is 29.1 Å². The number of hydrogen-bond donors (Lipinski definition) is 4. The molecule has 4 N–H and O–H groups in total. The van der Waals surface area contributed by atoms with Crippen LogP contribution in [0.15, 0.2) is 48.8 Å². The molecule has 1 aromatic heterocycles. The van der Waals surface area contributed by atoms with Crippen LogP contribution in [-0.2, 0) is 11.0 Å². The Morgan fingerprint density at radius 3 is 2.49 bits per heavy atom. The second kappa shape index (κ2) is 9.49. The number of benzene rings is 2. The lowest BCUT2D eigenvalue weighted by atomic mass is 10.1. The zero-order valence-corrected chi connectivity index (χ0v) is 18.3. The number of amides is 3. The molecule has 0 bridgehead atoms. The molecule has 9 nitrogen and oxygen atoms in total. The maximum absolute atomic E-state index is 12.9. The minimum absolute atomic E-state index is 0.0231. The number of alkyl halides is 3. The van der Waals surface area contributed by atoms with Crippen LogP contribution < -0.4 is 20.7 Å². The fraction of sp³-hybridized carbons (Fsp3) is 0.217. The van der Waals surface area contributed by atoms with Gasteiger partial charge in [0, 0.05) is 23.4 Å². The number of carbonyl (C=O) groups is 2. The molecule has 1 heterocycles. The van der Waals surface area contributed by atoms with Gasteiger partial charge < -0.3 is 25.8 Å². The van der Waals surface area contributed by atoms with E-state index in [2.05, 4.69) is 25.9 Å². The summed E-state index contributed by atoms with van der Waals surface area (Å²) in [5.74, 6) is -0.0784. The molecule has 2 aromatic carbocycles. The minimum atomic E-state index is -4.77. The number of aryl methyl sites for hydroxylation is 1. The van der Waals surface area contributed by atoms with Crippen molar-refractivity contribution in [2.24, 2.45) is 5.92 Å². The Morgan fingerprint density at radius 1 is 1.03 bits per heavy atom. The van der Waals surface area contributed by atoms with Crippen molar-refractivity contribution in [1.82, 2.24) is 9.97 Å². The van der Waals surface area contributed by atoms with Crippen molar-refractivity contribution in [3.8, 4) is 17.4 Å². The molecule has 3 amide bonds. The summed E-state index contributed by atoms with van der Waals surface area (Å²) in [5.41, 5.74) is -0.396. The van der Waals surface area contributed by atoms with Crippen LogP contribution in [0.1, 0.15) is 24.0 Å². The van der Waals surface area contributed by atoms with Crippen molar-refractivity contribution in [2.75, 3.05) is 16.0 Å². The van der Waals surface area contributed by atoms with Crippen molar-refractivity contribution in [2.45, 2.75) is 25.9 Å². The summed E-state index contributed by atoms with van der Waals surface area (Å²) in [5, 5.41) is 17.0. The first-order chi connectivity index (χ1) is 16.6. The van der Waals surface area contributed by atoms with Crippen molar-refractivity contribution < 1.29 is 32.6 Å². The van der Waals surface area contributed by atoms with E-state index < -0.39 is 23.5 Å². The van der Waals surface area contributed by atoms with Crippen molar-refractivity contribution in [3.05, 3.63) is 59.9 Å². The Morgan fingerprint density at radius 2 is 1.80 bits per heavy atom. The minimum Gasteiger partial charge on any atom is -0.507 e. The van der Waals surface area contributed by atoms with Crippen LogP contribution in [0.2, 0.25) is 0 Å². The summed E-state index contributed by atoms with van der Waals surface area (Å²) < 4.78 is 44.5. The zero-order chi connectivity index (χ0) is 25.2. The monoisotopic (exact) mass is 487 g/mol. The van der Waals surface area contributed by atoms with E-state index in [1.807, 2.05) is 0 Å². The number of nitrogens with zero attached hydrogens (tertiary/aromatic N) is 2. The van der Waals surface area contributed by atoms with Gasteiger partial charge in [-0.05, 0) is 61.7 Å². The number of rotatable bonds is 6. The number of hydrogen-bond acceptors (Lipinski definition) is 6. The molecule has 3 aromatic rings. The number of anilines is 3. The highest BCUT2D eigenvalue weighted by molar-refractivity contribution is 6.00. The molecule has 0 radical (unpaired) electrons. The molecule has 0 spiro atoms. The molecule has 0 saturated heterocycles. The normalized spacial score (nSPS) is 13.1. The average molecular weight is 487 g/mol. The zero-order valence-electron chi connectivity index (χ0n) is 18.3. The van der Waals surface area contributed by atoms with E-state index in [4.69, 9.17) is 4.74 Å². The summed E-state index contributed by atoms with van der Waals surface area (Å²) in [7, 11) is 0. The molecule has 0 unspecified atom stereocenters. The van der Waals surface area contributed by atoms with Crippen LogP contribution in [0.25, 0.3) is 0 Å². The van der Waals surface area contributed by atoms with Crippen LogP contribution in [0, 0.1) is 12.8 Å². The van der Waals surface area contributed by atoms with Gasteiger partial charge in [-0.2, -0.15) is 13.2 Å². The lowest BCUT2D eigenvalue weighted by Crippen LogP contribution is -2.20. The lowest BCUT2D eigenvalue weighted by Gasteiger charge is -2.14. The predicted octanol–water partition coefficient (Wildman–Crippen LogP) is 5.29. The maximum Gasteiger partial charge on any atom is 0.420 e. The Bertz CT molecular complexity index is 1280. The third-order valence-corrected chi connectivity index (χ3v) is 5.07. The number of aromatic hydroxyl groups is 1. The third-order valence-electron chi connectivity index (χ3n) is 5.07. The molecule has 4 rings (SSSR count). The van der Waals surface area contributed by atoms with Crippen molar-refractivity contribution in [3.63, 3.8) is 0 Å². The molecular weight excluding hydrogens is 467 g/mol. The van der Waals surface area contributed by atoms with Crippen LogP contribution >= 0.6 is 0 Å². The van der Waals surface area contributed by atoms with Gasteiger partial charge in [0.05, 0.1) is 5.56 Å². The van der Waals surface area contributed by atoms with Gasteiger partial charge in [0.15, 0.2) is 0 Å². The topological polar surface area (TPSA) is 125 Å². The van der Waals surface area contributed by atoms with Crippen LogP contribution in [0.4, 0.5) is 35.2 Å². The predicted molar refractivity (Wildman–Crippen MR) is 120 cm³/mol. The van der Waals surface area contributed by atoms with Crippen LogP contribution in [-0.4, -0.2) is 27.0 Å². The number of halogens is 3. The summed E-state index contributed by atoms with van der Waals surface area (Å²) in [6, 6.07) is 8.11. The number of phenolic OH excluding ortho intramolecular Hbond substituents is 1. The van der Waals surface area contributed by atoms with E-state index in [0.29, 0.717) is 28.9 Å². The van der Waals surface area contributed by atoms with Crippen LogP contribution in [0.3, 0.4) is 0 Å². The molecule has 1 fully saturated rings. The van der Waals surface area contributed by atoms with E-state index in [-0.39, 0.29) is 23.4 Å². The fourth-order valence-electron chi connectivity index (χ4n) is 3.12. The first-order valence-electron chi connectivity index (χ1n) is 10.5. The van der Waals surface area contributed by atoms with Crippen molar-refractivity contribution in [1.29, 1.82) is 0 Å². The van der Waals surface area contributed by atoms with Gasteiger partial charge in [0.25, 0.3) is 0 Å². The van der Waals surface area contributed by atoms with E-state index in [0.717, 1.165) is 25.0 Å².